The summed E-state index contributed by atoms with van der Waals surface area (Å²) in [5, 5.41) is 9.02. The monoisotopic (exact) mass is 153 g/mol. The highest BCUT2D eigenvalue weighted by atomic mass is 16.5. The predicted octanol–water partition coefficient (Wildman–Crippen LogP) is 0.273. The van der Waals surface area contributed by atoms with Gasteiger partial charge in [0.2, 0.25) is 12.4 Å². The summed E-state index contributed by atoms with van der Waals surface area (Å²) in [4.78, 5) is 2.05. The maximum absolute atomic E-state index is 9.02. The van der Waals surface area contributed by atoms with Crippen LogP contribution in [0.15, 0.2) is 24.5 Å². The lowest BCUT2D eigenvalue weighted by Gasteiger charge is -2.06. The fourth-order valence-electron chi connectivity index (χ4n) is 0.969. The van der Waals surface area contributed by atoms with Crippen LogP contribution in [0.3, 0.4) is 0 Å². The molecule has 0 saturated carbocycles. The lowest BCUT2D eigenvalue weighted by atomic mass is 10.3. The molecule has 1 aromatic heterocycles. The van der Waals surface area contributed by atoms with Crippen LogP contribution in [0.1, 0.15) is 5.56 Å². The highest BCUT2D eigenvalue weighted by Crippen LogP contribution is 1.96. The van der Waals surface area contributed by atoms with Gasteiger partial charge in [-0.25, -0.2) is 0 Å². The second-order valence-corrected chi connectivity index (χ2v) is 2.83. The van der Waals surface area contributed by atoms with Gasteiger partial charge in [0.1, 0.15) is 0 Å². The molecule has 0 aliphatic rings. The van der Waals surface area contributed by atoms with Crippen molar-refractivity contribution in [2.45, 2.75) is 6.54 Å². The van der Waals surface area contributed by atoms with Crippen molar-refractivity contribution in [2.24, 2.45) is 0 Å². The minimum Gasteiger partial charge on any atom is -0.305 e. The highest BCUT2D eigenvalue weighted by Gasteiger charge is 2.00. The van der Waals surface area contributed by atoms with E-state index < -0.39 is 0 Å². The van der Waals surface area contributed by atoms with Crippen LogP contribution in [-0.4, -0.2) is 24.2 Å². The molecule has 11 heavy (non-hydrogen) atoms. The third-order valence-corrected chi connectivity index (χ3v) is 1.35. The molecular formula is C8H13N2O+. The topological polar surface area (TPSA) is 27.4 Å². The Morgan fingerprint density at radius 1 is 1.55 bits per heavy atom. The first-order chi connectivity index (χ1) is 5.18. The van der Waals surface area contributed by atoms with E-state index in [1.54, 1.807) is 12.4 Å². The smallest absolute Gasteiger partial charge is 0.226 e. The molecule has 1 N–H and O–H groups in total. The number of hydrogen-bond acceptors (Lipinski definition) is 2. The lowest BCUT2D eigenvalue weighted by Crippen LogP contribution is -2.29. The summed E-state index contributed by atoms with van der Waals surface area (Å²) >= 11 is 0. The van der Waals surface area contributed by atoms with Crippen molar-refractivity contribution in [1.29, 1.82) is 0 Å². The van der Waals surface area contributed by atoms with Crippen LogP contribution in [-0.2, 0) is 6.54 Å². The SMILES string of the molecule is CN(C)Cc1ccc[n+](O)c1. The van der Waals surface area contributed by atoms with Crippen LogP contribution >= 0.6 is 0 Å². The van der Waals surface area contributed by atoms with Gasteiger partial charge in [0, 0.05) is 22.9 Å². The van der Waals surface area contributed by atoms with E-state index >= 15 is 0 Å². The van der Waals surface area contributed by atoms with Gasteiger partial charge in [0.25, 0.3) is 0 Å². The van der Waals surface area contributed by atoms with E-state index in [1.807, 2.05) is 26.2 Å². The Morgan fingerprint density at radius 3 is 2.82 bits per heavy atom. The second-order valence-electron chi connectivity index (χ2n) is 2.83. The van der Waals surface area contributed by atoms with E-state index in [2.05, 4.69) is 4.90 Å². The number of nitrogens with zero attached hydrogens (tertiary/aromatic N) is 2. The quantitative estimate of drug-likeness (QED) is 0.488. The Labute approximate surface area is 66.5 Å². The molecule has 60 valence electrons. The lowest BCUT2D eigenvalue weighted by molar-refractivity contribution is -0.905. The Hall–Kier alpha value is -1.09. The second kappa shape index (κ2) is 3.34. The zero-order valence-electron chi connectivity index (χ0n) is 6.86. The summed E-state index contributed by atoms with van der Waals surface area (Å²) in [5.74, 6) is 0. The van der Waals surface area contributed by atoms with E-state index in [9.17, 15) is 0 Å². The Kier molecular flexibility index (Phi) is 2.44. The average molecular weight is 153 g/mol. The van der Waals surface area contributed by atoms with Crippen LogP contribution in [0.25, 0.3) is 0 Å². The van der Waals surface area contributed by atoms with Crippen molar-refractivity contribution >= 4 is 0 Å². The summed E-state index contributed by atoms with van der Waals surface area (Å²) < 4.78 is 1.07. The first-order valence-electron chi connectivity index (χ1n) is 3.52. The third kappa shape index (κ3) is 2.55. The molecule has 0 spiro atoms. The van der Waals surface area contributed by atoms with E-state index in [0.717, 1.165) is 16.8 Å². The maximum atomic E-state index is 9.02. The van der Waals surface area contributed by atoms with E-state index in [1.165, 1.54) is 0 Å². The normalized spacial score (nSPS) is 10.5. The molecule has 0 fully saturated rings. The Balaban J connectivity index is 2.71. The zero-order valence-corrected chi connectivity index (χ0v) is 6.86. The van der Waals surface area contributed by atoms with Gasteiger partial charge in [0.05, 0.1) is 0 Å². The Morgan fingerprint density at radius 2 is 2.27 bits per heavy atom. The average Bonchev–Trinajstić information content (AvgIpc) is 1.85. The summed E-state index contributed by atoms with van der Waals surface area (Å²) in [6.07, 6.45) is 3.29. The van der Waals surface area contributed by atoms with E-state index in [4.69, 9.17) is 5.21 Å². The van der Waals surface area contributed by atoms with Gasteiger partial charge in [0.15, 0.2) is 0 Å². The fourth-order valence-corrected chi connectivity index (χ4v) is 0.969. The fraction of sp³-hybridized carbons (Fsp3) is 0.375. The van der Waals surface area contributed by atoms with Crippen LogP contribution in [0.2, 0.25) is 0 Å². The van der Waals surface area contributed by atoms with Crippen molar-refractivity contribution in [1.82, 2.24) is 4.90 Å². The van der Waals surface area contributed by atoms with E-state index in [-0.39, 0.29) is 0 Å². The maximum Gasteiger partial charge on any atom is 0.226 e. The zero-order chi connectivity index (χ0) is 8.27. The molecule has 3 heteroatoms. The summed E-state index contributed by atoms with van der Waals surface area (Å²) in [7, 11) is 3.99. The first-order valence-corrected chi connectivity index (χ1v) is 3.52. The van der Waals surface area contributed by atoms with Crippen LogP contribution in [0.5, 0.6) is 0 Å². The van der Waals surface area contributed by atoms with Gasteiger partial charge in [-0.2, -0.15) is 0 Å². The minimum atomic E-state index is 0.849. The van der Waals surface area contributed by atoms with Gasteiger partial charge in [-0.3, -0.25) is 5.21 Å². The van der Waals surface area contributed by atoms with Crippen LogP contribution in [0, 0.1) is 0 Å². The molecule has 3 nitrogen and oxygen atoms in total. The summed E-state index contributed by atoms with van der Waals surface area (Å²) in [5.41, 5.74) is 1.10. The molecule has 1 heterocycles. The molecule has 1 aromatic rings. The van der Waals surface area contributed by atoms with Crippen molar-refractivity contribution in [3.05, 3.63) is 30.1 Å². The van der Waals surface area contributed by atoms with Crippen LogP contribution < -0.4 is 4.73 Å². The number of hydrogen-bond donors (Lipinski definition) is 1. The molecule has 1 rings (SSSR count). The van der Waals surface area contributed by atoms with Crippen molar-refractivity contribution < 1.29 is 9.94 Å². The Bertz CT molecular complexity index is 235. The van der Waals surface area contributed by atoms with Gasteiger partial charge in [-0.15, -0.1) is 0 Å². The first kappa shape index (κ1) is 8.01. The van der Waals surface area contributed by atoms with Gasteiger partial charge in [-0.05, 0) is 20.2 Å². The molecule has 0 aliphatic carbocycles. The molecule has 0 bridgehead atoms. The molecule has 0 saturated heterocycles. The molecule has 0 unspecified atom stereocenters. The predicted molar refractivity (Wildman–Crippen MR) is 41.2 cm³/mol. The van der Waals surface area contributed by atoms with Crippen molar-refractivity contribution in [2.75, 3.05) is 14.1 Å². The molecule has 0 aromatic carbocycles. The van der Waals surface area contributed by atoms with Crippen molar-refractivity contribution in [3.8, 4) is 0 Å². The standard InChI is InChI=1S/C8H13N2O/c1-9(2)6-8-4-3-5-10(11)7-8/h3-5,7,11H,6H2,1-2H3/q+1. The highest BCUT2D eigenvalue weighted by molar-refractivity contribution is 5.04. The number of pyridine rings is 1. The van der Waals surface area contributed by atoms with Crippen LogP contribution in [0.4, 0.5) is 0 Å². The van der Waals surface area contributed by atoms with Gasteiger partial charge in [-0.1, -0.05) is 0 Å². The third-order valence-electron chi connectivity index (χ3n) is 1.35. The van der Waals surface area contributed by atoms with Gasteiger partial charge >= 0.3 is 0 Å². The molecule has 0 radical (unpaired) electrons. The molecule has 0 aliphatic heterocycles. The summed E-state index contributed by atoms with van der Waals surface area (Å²) in [6.45, 7) is 0.849. The van der Waals surface area contributed by atoms with Crippen molar-refractivity contribution in [3.63, 3.8) is 0 Å². The largest absolute Gasteiger partial charge is 0.305 e. The van der Waals surface area contributed by atoms with E-state index in [0.29, 0.717) is 0 Å². The molecule has 0 atom stereocenters. The summed E-state index contributed by atoms with van der Waals surface area (Å²) in [6, 6.07) is 3.80. The van der Waals surface area contributed by atoms with Gasteiger partial charge < -0.3 is 4.90 Å². The molecule has 0 amide bonds. The number of rotatable bonds is 2. The minimum absolute atomic E-state index is 0.849. The number of aromatic nitrogens is 1. The molecular weight excluding hydrogens is 140 g/mol.